The van der Waals surface area contributed by atoms with Crippen molar-refractivity contribution in [2.75, 3.05) is 13.1 Å². The molecule has 0 aromatic heterocycles. The summed E-state index contributed by atoms with van der Waals surface area (Å²) in [4.78, 5) is 26.8. The lowest BCUT2D eigenvalue weighted by Crippen LogP contribution is -2.55. The van der Waals surface area contributed by atoms with Crippen molar-refractivity contribution >= 4 is 11.8 Å². The molecule has 1 aromatic carbocycles. The number of carbonyl (C=O) groups is 2. The highest BCUT2D eigenvalue weighted by Gasteiger charge is 2.33. The maximum atomic E-state index is 13.7. The number of nitriles is 1. The summed E-state index contributed by atoms with van der Waals surface area (Å²) in [5, 5.41) is 8.83. The summed E-state index contributed by atoms with van der Waals surface area (Å²) in [6.45, 7) is 4.48. The highest BCUT2D eigenvalue weighted by Crippen LogP contribution is 2.16. The van der Waals surface area contributed by atoms with Crippen LogP contribution in [0.3, 0.4) is 0 Å². The number of amides is 2. The number of hydrogen-bond acceptors (Lipinski definition) is 3. The van der Waals surface area contributed by atoms with E-state index in [1.54, 1.807) is 0 Å². The molecule has 1 saturated heterocycles. The smallest absolute Gasteiger partial charge is 0.312 e. The highest BCUT2D eigenvalue weighted by molar-refractivity contribution is 6.35. The maximum absolute atomic E-state index is 13.7. The van der Waals surface area contributed by atoms with Crippen LogP contribution in [0, 0.1) is 17.1 Å². The van der Waals surface area contributed by atoms with Gasteiger partial charge < -0.3 is 9.80 Å². The Hall–Kier alpha value is -2.42. The van der Waals surface area contributed by atoms with Crippen LogP contribution in [0.25, 0.3) is 0 Å². The lowest BCUT2D eigenvalue weighted by molar-refractivity contribution is -0.157. The fourth-order valence-corrected chi connectivity index (χ4v) is 2.30. The molecule has 1 aliphatic heterocycles. The average Bonchev–Trinajstić information content (AvgIpc) is 2.45. The molecule has 0 saturated carbocycles. The SMILES string of the molecule is CC(C)N1CCN(Cc2cc(C#N)ccc2F)C(=O)C1=O. The van der Waals surface area contributed by atoms with Crippen molar-refractivity contribution in [3.63, 3.8) is 0 Å². The minimum absolute atomic E-state index is 0.00212. The van der Waals surface area contributed by atoms with Crippen LogP contribution in [-0.2, 0) is 16.1 Å². The van der Waals surface area contributed by atoms with Crippen molar-refractivity contribution in [2.45, 2.75) is 26.4 Å². The van der Waals surface area contributed by atoms with Crippen molar-refractivity contribution in [1.29, 1.82) is 5.26 Å². The zero-order valence-electron chi connectivity index (χ0n) is 12.0. The molecule has 1 fully saturated rings. The third-order valence-corrected chi connectivity index (χ3v) is 3.50. The second kappa shape index (κ2) is 5.92. The Morgan fingerprint density at radius 2 is 2.00 bits per heavy atom. The molecule has 0 bridgehead atoms. The summed E-state index contributed by atoms with van der Waals surface area (Å²) in [6, 6.07) is 5.87. The van der Waals surface area contributed by atoms with E-state index in [0.29, 0.717) is 18.7 Å². The molecule has 1 aromatic rings. The van der Waals surface area contributed by atoms with Crippen molar-refractivity contribution in [1.82, 2.24) is 9.80 Å². The Bertz CT molecular complexity index is 622. The molecule has 0 atom stereocenters. The van der Waals surface area contributed by atoms with Crippen molar-refractivity contribution in [3.8, 4) is 6.07 Å². The zero-order valence-corrected chi connectivity index (χ0v) is 12.0. The van der Waals surface area contributed by atoms with Crippen LogP contribution in [0.2, 0.25) is 0 Å². The first-order valence-corrected chi connectivity index (χ1v) is 6.72. The summed E-state index contributed by atoms with van der Waals surface area (Å²) < 4.78 is 13.7. The molecule has 5 nitrogen and oxygen atoms in total. The van der Waals surface area contributed by atoms with E-state index < -0.39 is 17.6 Å². The molecule has 0 unspecified atom stereocenters. The molecular formula is C15H16FN3O2. The van der Waals surface area contributed by atoms with Crippen LogP contribution in [0.1, 0.15) is 25.0 Å². The second-order valence-corrected chi connectivity index (χ2v) is 5.24. The summed E-state index contributed by atoms with van der Waals surface area (Å²) in [5.74, 6) is -1.68. The van der Waals surface area contributed by atoms with Gasteiger partial charge in [-0.15, -0.1) is 0 Å². The maximum Gasteiger partial charge on any atom is 0.312 e. The van der Waals surface area contributed by atoms with Gasteiger partial charge in [0.05, 0.1) is 11.6 Å². The first kappa shape index (κ1) is 15.0. The molecule has 1 heterocycles. The molecule has 2 rings (SSSR count). The van der Waals surface area contributed by atoms with E-state index in [1.807, 2.05) is 19.9 Å². The van der Waals surface area contributed by atoms with Crippen LogP contribution in [-0.4, -0.2) is 40.7 Å². The third kappa shape index (κ3) is 3.02. The fraction of sp³-hybridized carbons (Fsp3) is 0.400. The summed E-state index contributed by atoms with van der Waals surface area (Å²) in [7, 11) is 0. The molecule has 1 aliphatic rings. The third-order valence-electron chi connectivity index (χ3n) is 3.50. The van der Waals surface area contributed by atoms with E-state index in [4.69, 9.17) is 5.26 Å². The monoisotopic (exact) mass is 289 g/mol. The predicted octanol–water partition coefficient (Wildman–Crippen LogP) is 1.28. The Kier molecular flexibility index (Phi) is 4.22. The first-order valence-electron chi connectivity index (χ1n) is 6.72. The van der Waals surface area contributed by atoms with Gasteiger partial charge in [-0.25, -0.2) is 4.39 Å². The molecule has 21 heavy (non-hydrogen) atoms. The summed E-state index contributed by atoms with van der Waals surface area (Å²) in [6.07, 6.45) is 0. The van der Waals surface area contributed by atoms with Crippen LogP contribution in [0.15, 0.2) is 18.2 Å². The van der Waals surface area contributed by atoms with Crippen LogP contribution < -0.4 is 0 Å². The van der Waals surface area contributed by atoms with E-state index in [9.17, 15) is 14.0 Å². The Morgan fingerprint density at radius 3 is 2.62 bits per heavy atom. The molecular weight excluding hydrogens is 273 g/mol. The number of piperazine rings is 1. The van der Waals surface area contributed by atoms with Gasteiger partial charge in [0, 0.05) is 31.2 Å². The number of hydrogen-bond donors (Lipinski definition) is 0. The number of nitrogens with zero attached hydrogens (tertiary/aromatic N) is 3. The van der Waals surface area contributed by atoms with E-state index in [0.717, 1.165) is 0 Å². The van der Waals surface area contributed by atoms with Gasteiger partial charge in [0.2, 0.25) is 0 Å². The molecule has 0 spiro atoms. The molecule has 0 aliphatic carbocycles. The Balaban J connectivity index is 2.17. The van der Waals surface area contributed by atoms with Gasteiger partial charge in [-0.1, -0.05) is 0 Å². The van der Waals surface area contributed by atoms with E-state index >= 15 is 0 Å². The molecule has 0 radical (unpaired) electrons. The average molecular weight is 289 g/mol. The second-order valence-electron chi connectivity index (χ2n) is 5.24. The van der Waals surface area contributed by atoms with Gasteiger partial charge in [0.1, 0.15) is 5.82 Å². The van der Waals surface area contributed by atoms with Crippen LogP contribution in [0.5, 0.6) is 0 Å². The van der Waals surface area contributed by atoms with Gasteiger partial charge in [0.25, 0.3) is 0 Å². The van der Waals surface area contributed by atoms with Crippen molar-refractivity contribution in [2.24, 2.45) is 0 Å². The molecule has 6 heteroatoms. The van der Waals surface area contributed by atoms with E-state index in [2.05, 4.69) is 0 Å². The number of rotatable bonds is 3. The van der Waals surface area contributed by atoms with Crippen molar-refractivity contribution < 1.29 is 14.0 Å². The topological polar surface area (TPSA) is 64.4 Å². The number of halogens is 1. The normalized spacial score (nSPS) is 15.6. The number of benzene rings is 1. The van der Waals surface area contributed by atoms with Gasteiger partial charge in [-0.05, 0) is 32.0 Å². The van der Waals surface area contributed by atoms with Crippen molar-refractivity contribution in [3.05, 3.63) is 35.1 Å². The largest absolute Gasteiger partial charge is 0.330 e. The standard InChI is InChI=1S/C15H16FN3O2/c1-10(2)19-6-5-18(14(20)15(19)21)9-12-7-11(8-17)3-4-13(12)16/h3-4,7,10H,5-6,9H2,1-2H3. The van der Waals surface area contributed by atoms with Crippen LogP contribution >= 0.6 is 0 Å². The van der Waals surface area contributed by atoms with E-state index in [-0.39, 0.29) is 18.2 Å². The predicted molar refractivity (Wildman–Crippen MR) is 73.4 cm³/mol. The van der Waals surface area contributed by atoms with Gasteiger partial charge in [0.15, 0.2) is 0 Å². The summed E-state index contributed by atoms with van der Waals surface area (Å²) >= 11 is 0. The van der Waals surface area contributed by atoms with Gasteiger partial charge in [-0.3, -0.25) is 9.59 Å². The Labute approximate surface area is 122 Å². The zero-order chi connectivity index (χ0) is 15.6. The first-order chi connectivity index (χ1) is 9.93. The molecule has 2 amide bonds. The summed E-state index contributed by atoms with van der Waals surface area (Å²) in [5.41, 5.74) is 0.569. The highest BCUT2D eigenvalue weighted by atomic mass is 19.1. The minimum atomic E-state index is -0.628. The fourth-order valence-electron chi connectivity index (χ4n) is 2.30. The van der Waals surface area contributed by atoms with Gasteiger partial charge >= 0.3 is 11.8 Å². The number of carbonyl (C=O) groups excluding carboxylic acids is 2. The van der Waals surface area contributed by atoms with E-state index in [1.165, 1.54) is 28.0 Å². The molecule has 110 valence electrons. The van der Waals surface area contributed by atoms with Gasteiger partial charge in [-0.2, -0.15) is 5.26 Å². The molecule has 0 N–H and O–H groups in total. The Morgan fingerprint density at radius 1 is 1.29 bits per heavy atom. The minimum Gasteiger partial charge on any atom is -0.330 e. The lowest BCUT2D eigenvalue weighted by Gasteiger charge is -2.36. The lowest BCUT2D eigenvalue weighted by atomic mass is 10.1. The quantitative estimate of drug-likeness (QED) is 0.787. The van der Waals surface area contributed by atoms with Crippen LogP contribution in [0.4, 0.5) is 4.39 Å².